The molecule has 4 rings (SSSR count). The van der Waals surface area contributed by atoms with Crippen LogP contribution in [0.1, 0.15) is 38.3 Å². The molecule has 0 aromatic heterocycles. The number of anilines is 1. The molecule has 0 saturated carbocycles. The summed E-state index contributed by atoms with van der Waals surface area (Å²) in [4.78, 5) is 12.7. The Morgan fingerprint density at radius 1 is 0.974 bits per heavy atom. The molecule has 7 heteroatoms. The Morgan fingerprint density at radius 3 is 1.97 bits per heavy atom. The molecule has 1 aliphatic heterocycles. The first kappa shape index (κ1) is 27.5. The van der Waals surface area contributed by atoms with Crippen molar-refractivity contribution in [3.8, 4) is 0 Å². The Hall–Kier alpha value is -3.52. The number of nitro groups is 1. The maximum absolute atomic E-state index is 11.4. The molecule has 1 atom stereocenters. The fourth-order valence-corrected chi connectivity index (χ4v) is 10.1. The third kappa shape index (κ3) is 5.22. The summed E-state index contributed by atoms with van der Waals surface area (Å²) in [5.74, 6) is 0. The van der Waals surface area contributed by atoms with E-state index in [2.05, 4.69) is 69.3 Å². The highest BCUT2D eigenvalue weighted by atomic mass is 28.4. The van der Waals surface area contributed by atoms with Crippen molar-refractivity contribution in [1.29, 1.82) is 0 Å². The first-order chi connectivity index (χ1) is 18.1. The first-order valence-electron chi connectivity index (χ1n) is 12.9. The second kappa shape index (κ2) is 11.1. The number of non-ortho nitro benzene ring substituents is 1. The molecule has 0 saturated heterocycles. The number of aliphatic hydroxyl groups excluding tert-OH is 1. The van der Waals surface area contributed by atoms with E-state index in [0.717, 1.165) is 22.4 Å². The van der Waals surface area contributed by atoms with Gasteiger partial charge in [-0.2, -0.15) is 0 Å². The largest absolute Gasteiger partial charge is 0.407 e. The van der Waals surface area contributed by atoms with E-state index < -0.39 is 14.5 Å². The van der Waals surface area contributed by atoms with Crippen LogP contribution in [0.3, 0.4) is 0 Å². The molecule has 1 unspecified atom stereocenters. The van der Waals surface area contributed by atoms with Crippen LogP contribution in [0.2, 0.25) is 5.04 Å². The summed E-state index contributed by atoms with van der Waals surface area (Å²) in [6.45, 7) is 10.9. The molecule has 3 aromatic rings. The Morgan fingerprint density at radius 2 is 1.50 bits per heavy atom. The number of aliphatic hydroxyl groups is 1. The Kier molecular flexibility index (Phi) is 8.01. The number of rotatable bonds is 8. The highest BCUT2D eigenvalue weighted by Gasteiger charge is 2.50. The quantitative estimate of drug-likeness (QED) is 0.229. The molecule has 198 valence electrons. The van der Waals surface area contributed by atoms with Crippen LogP contribution in [0.25, 0.3) is 0 Å². The van der Waals surface area contributed by atoms with E-state index in [9.17, 15) is 15.2 Å². The molecule has 6 nitrogen and oxygen atoms in total. The minimum Gasteiger partial charge on any atom is -0.407 e. The van der Waals surface area contributed by atoms with Gasteiger partial charge in [0.15, 0.2) is 6.23 Å². The molecular formula is C31H36N2O4Si. The van der Waals surface area contributed by atoms with Gasteiger partial charge in [-0.25, -0.2) is 0 Å². The monoisotopic (exact) mass is 528 g/mol. The van der Waals surface area contributed by atoms with E-state index in [-0.39, 0.29) is 15.6 Å². The Labute approximate surface area is 226 Å². The SMILES string of the molecule is Cc1cc([N+](=O)[O-])cc(C)c1N1C=CC=C(CCO[Si](c2ccccc2)(c2ccccc2)C(C)(C)C)C1O. The summed E-state index contributed by atoms with van der Waals surface area (Å²) in [7, 11) is -2.68. The van der Waals surface area contributed by atoms with Crippen molar-refractivity contribution >= 4 is 30.1 Å². The lowest BCUT2D eigenvalue weighted by atomic mass is 10.0. The minimum absolute atomic E-state index is 0.0497. The van der Waals surface area contributed by atoms with Crippen LogP contribution in [0, 0.1) is 24.0 Å². The molecule has 0 bridgehead atoms. The van der Waals surface area contributed by atoms with Gasteiger partial charge in [0.05, 0.1) is 4.92 Å². The zero-order valence-electron chi connectivity index (χ0n) is 22.7. The fraction of sp³-hybridized carbons (Fsp3) is 0.290. The van der Waals surface area contributed by atoms with Gasteiger partial charge in [-0.3, -0.25) is 10.1 Å². The van der Waals surface area contributed by atoms with Gasteiger partial charge in [-0.1, -0.05) is 87.5 Å². The van der Waals surface area contributed by atoms with E-state index in [1.165, 1.54) is 10.4 Å². The third-order valence-corrected chi connectivity index (χ3v) is 12.3. The second-order valence-corrected chi connectivity index (χ2v) is 15.1. The van der Waals surface area contributed by atoms with E-state index in [0.29, 0.717) is 13.0 Å². The molecule has 38 heavy (non-hydrogen) atoms. The predicted octanol–water partition coefficient (Wildman–Crippen LogP) is 5.76. The molecule has 0 radical (unpaired) electrons. The number of benzene rings is 3. The average Bonchev–Trinajstić information content (AvgIpc) is 2.88. The van der Waals surface area contributed by atoms with Gasteiger partial charge in [-0.15, -0.1) is 0 Å². The Balaban J connectivity index is 1.60. The maximum Gasteiger partial charge on any atom is 0.270 e. The fourth-order valence-electron chi connectivity index (χ4n) is 5.54. The van der Waals surface area contributed by atoms with E-state index in [1.807, 2.05) is 44.3 Å². The van der Waals surface area contributed by atoms with Crippen molar-refractivity contribution < 1.29 is 14.5 Å². The van der Waals surface area contributed by atoms with Crippen molar-refractivity contribution in [2.45, 2.75) is 52.3 Å². The first-order valence-corrected chi connectivity index (χ1v) is 14.8. The third-order valence-electron chi connectivity index (χ3n) is 7.22. The normalized spacial score (nSPS) is 15.9. The number of hydrogen-bond acceptors (Lipinski definition) is 5. The second-order valence-electron chi connectivity index (χ2n) is 10.8. The summed E-state index contributed by atoms with van der Waals surface area (Å²) < 4.78 is 7.02. The number of allylic oxidation sites excluding steroid dienone is 2. The van der Waals surface area contributed by atoms with Gasteiger partial charge in [0.2, 0.25) is 0 Å². The molecule has 1 aliphatic rings. The van der Waals surface area contributed by atoms with Gasteiger partial charge < -0.3 is 14.4 Å². The Bertz CT molecular complexity index is 1280. The van der Waals surface area contributed by atoms with E-state index in [1.54, 1.807) is 17.0 Å². The van der Waals surface area contributed by atoms with Crippen LogP contribution in [0.15, 0.2) is 96.7 Å². The summed E-state index contributed by atoms with van der Waals surface area (Å²) in [6.07, 6.45) is 5.33. The van der Waals surface area contributed by atoms with Crippen LogP contribution < -0.4 is 15.3 Å². The van der Waals surface area contributed by atoms with Crippen LogP contribution in [-0.4, -0.2) is 31.2 Å². The van der Waals surface area contributed by atoms with Crippen LogP contribution in [-0.2, 0) is 4.43 Å². The minimum atomic E-state index is -2.68. The van der Waals surface area contributed by atoms with Crippen molar-refractivity contribution in [2.24, 2.45) is 0 Å². The molecule has 0 amide bonds. The molecule has 1 N–H and O–H groups in total. The molecule has 0 fully saturated rings. The van der Waals surface area contributed by atoms with Gasteiger partial charge in [0.25, 0.3) is 14.0 Å². The molecular weight excluding hydrogens is 492 g/mol. The van der Waals surface area contributed by atoms with Gasteiger partial charge in [0.1, 0.15) is 0 Å². The summed E-state index contributed by atoms with van der Waals surface area (Å²) in [5, 5.41) is 25.0. The lowest BCUT2D eigenvalue weighted by Crippen LogP contribution is -2.66. The van der Waals surface area contributed by atoms with E-state index in [4.69, 9.17) is 4.43 Å². The van der Waals surface area contributed by atoms with E-state index >= 15 is 0 Å². The van der Waals surface area contributed by atoms with Gasteiger partial charge in [0, 0.05) is 30.6 Å². The van der Waals surface area contributed by atoms with Gasteiger partial charge in [-0.05, 0) is 58.5 Å². The number of nitro benzene ring substituents is 1. The standard InChI is InChI=1S/C31H36N2O4Si/c1-23-21-26(33(35)36)22-24(2)29(23)32-19-12-13-25(30(32)34)18-20-37-38(31(3,4)5,27-14-8-6-9-15-27)28-16-10-7-11-17-28/h6-17,19,21-22,30,34H,18,20H2,1-5H3. The number of aryl methyl sites for hydroxylation is 2. The summed E-state index contributed by atoms with van der Waals surface area (Å²) in [5.41, 5.74) is 3.14. The zero-order chi connectivity index (χ0) is 27.5. The predicted molar refractivity (Wildman–Crippen MR) is 156 cm³/mol. The highest BCUT2D eigenvalue weighted by Crippen LogP contribution is 2.38. The van der Waals surface area contributed by atoms with Gasteiger partial charge >= 0.3 is 0 Å². The van der Waals surface area contributed by atoms with Crippen molar-refractivity contribution in [2.75, 3.05) is 11.5 Å². The molecule has 0 spiro atoms. The van der Waals surface area contributed by atoms with Crippen LogP contribution in [0.4, 0.5) is 11.4 Å². The van der Waals surface area contributed by atoms with Crippen molar-refractivity contribution in [3.63, 3.8) is 0 Å². The summed E-state index contributed by atoms with van der Waals surface area (Å²) >= 11 is 0. The van der Waals surface area contributed by atoms with Crippen LogP contribution >= 0.6 is 0 Å². The average molecular weight is 529 g/mol. The highest BCUT2D eigenvalue weighted by molar-refractivity contribution is 6.99. The number of nitrogens with zero attached hydrogens (tertiary/aromatic N) is 2. The zero-order valence-corrected chi connectivity index (χ0v) is 23.7. The smallest absolute Gasteiger partial charge is 0.270 e. The molecule has 0 aliphatic carbocycles. The lowest BCUT2D eigenvalue weighted by molar-refractivity contribution is -0.384. The van der Waals surface area contributed by atoms with Crippen molar-refractivity contribution in [1.82, 2.24) is 0 Å². The number of hydrogen-bond donors (Lipinski definition) is 1. The van der Waals surface area contributed by atoms with Crippen molar-refractivity contribution in [3.05, 3.63) is 118 Å². The summed E-state index contributed by atoms with van der Waals surface area (Å²) in [6, 6.07) is 24.1. The molecule has 3 aromatic carbocycles. The molecule has 1 heterocycles. The topological polar surface area (TPSA) is 75.8 Å². The van der Waals surface area contributed by atoms with Crippen LogP contribution in [0.5, 0.6) is 0 Å². The lowest BCUT2D eigenvalue weighted by Gasteiger charge is -2.43. The maximum atomic E-state index is 11.4.